The molecule has 0 aliphatic rings. The average molecular weight is 255 g/mol. The third-order valence-electron chi connectivity index (χ3n) is 2.58. The van der Waals surface area contributed by atoms with Crippen LogP contribution in [0.1, 0.15) is 25.0 Å². The van der Waals surface area contributed by atoms with Crippen LogP contribution >= 0.6 is 11.6 Å². The number of carbonyl (C=O) groups excluding carboxylic acids is 1. The molecule has 0 unspecified atom stereocenters. The second-order valence-corrected chi connectivity index (χ2v) is 4.81. The van der Waals surface area contributed by atoms with E-state index < -0.39 is 17.1 Å². The van der Waals surface area contributed by atoms with Gasteiger partial charge in [0.15, 0.2) is 0 Å². The first-order chi connectivity index (χ1) is 7.79. The minimum absolute atomic E-state index is 0.0434. The third-order valence-corrected chi connectivity index (χ3v) is 3.01. The van der Waals surface area contributed by atoms with Crippen LogP contribution in [0.15, 0.2) is 12.1 Å². The van der Waals surface area contributed by atoms with Crippen molar-refractivity contribution >= 4 is 17.5 Å². The van der Waals surface area contributed by atoms with Crippen molar-refractivity contribution in [3.8, 4) is 6.07 Å². The highest BCUT2D eigenvalue weighted by atomic mass is 35.5. The van der Waals surface area contributed by atoms with E-state index in [1.54, 1.807) is 19.9 Å². The van der Waals surface area contributed by atoms with E-state index in [-0.39, 0.29) is 17.0 Å². The fourth-order valence-corrected chi connectivity index (χ4v) is 1.66. The first kappa shape index (κ1) is 13.5. The molecule has 0 aromatic heterocycles. The predicted octanol–water partition coefficient (Wildman–Crippen LogP) is 2.40. The number of primary amides is 1. The summed E-state index contributed by atoms with van der Waals surface area (Å²) in [6.07, 6.45) is 0.260. The summed E-state index contributed by atoms with van der Waals surface area (Å²) in [5, 5.41) is 8.81. The van der Waals surface area contributed by atoms with Crippen molar-refractivity contribution in [1.82, 2.24) is 0 Å². The normalized spacial score (nSPS) is 11.0. The van der Waals surface area contributed by atoms with E-state index in [9.17, 15) is 9.18 Å². The summed E-state index contributed by atoms with van der Waals surface area (Å²) in [7, 11) is 0. The maximum absolute atomic E-state index is 13.2. The Balaban J connectivity index is 3.19. The summed E-state index contributed by atoms with van der Waals surface area (Å²) in [6.45, 7) is 3.34. The molecular formula is C12H12ClFN2O. The molecule has 5 heteroatoms. The highest BCUT2D eigenvalue weighted by Gasteiger charge is 2.27. The van der Waals surface area contributed by atoms with Crippen molar-refractivity contribution in [2.24, 2.45) is 11.1 Å². The Bertz CT molecular complexity index is 506. The Morgan fingerprint density at radius 3 is 2.65 bits per heavy atom. The number of hydrogen-bond acceptors (Lipinski definition) is 2. The molecule has 0 aliphatic carbocycles. The van der Waals surface area contributed by atoms with Crippen LogP contribution in [-0.4, -0.2) is 5.91 Å². The van der Waals surface area contributed by atoms with E-state index in [2.05, 4.69) is 0 Å². The molecule has 1 aromatic rings. The van der Waals surface area contributed by atoms with E-state index in [0.29, 0.717) is 5.56 Å². The van der Waals surface area contributed by atoms with Crippen LogP contribution in [-0.2, 0) is 11.2 Å². The molecule has 1 amide bonds. The molecule has 17 heavy (non-hydrogen) atoms. The van der Waals surface area contributed by atoms with E-state index in [4.69, 9.17) is 22.6 Å². The van der Waals surface area contributed by atoms with Crippen LogP contribution in [0.3, 0.4) is 0 Å². The van der Waals surface area contributed by atoms with Crippen LogP contribution in [0.5, 0.6) is 0 Å². The Hall–Kier alpha value is -1.60. The standard InChI is InChI=1S/C12H12ClFN2O/c1-12(2,11(16)17)5-7-3-4-9(14)8(6-15)10(7)13/h3-4H,5H2,1-2H3,(H2,16,17). The van der Waals surface area contributed by atoms with E-state index in [1.165, 1.54) is 6.07 Å². The average Bonchev–Trinajstić information content (AvgIpc) is 2.23. The van der Waals surface area contributed by atoms with E-state index in [0.717, 1.165) is 6.07 Å². The number of rotatable bonds is 3. The number of benzene rings is 1. The highest BCUT2D eigenvalue weighted by molar-refractivity contribution is 6.32. The minimum atomic E-state index is -0.797. The Labute approximate surface area is 104 Å². The van der Waals surface area contributed by atoms with Gasteiger partial charge in [-0.1, -0.05) is 31.5 Å². The zero-order chi connectivity index (χ0) is 13.2. The van der Waals surface area contributed by atoms with E-state index in [1.807, 2.05) is 0 Å². The smallest absolute Gasteiger partial charge is 0.223 e. The molecule has 1 aromatic carbocycles. The second kappa shape index (κ2) is 4.72. The molecule has 0 bridgehead atoms. The lowest BCUT2D eigenvalue weighted by atomic mass is 9.84. The van der Waals surface area contributed by atoms with Gasteiger partial charge < -0.3 is 5.73 Å². The van der Waals surface area contributed by atoms with Gasteiger partial charge in [-0.2, -0.15) is 5.26 Å². The van der Waals surface area contributed by atoms with Gasteiger partial charge in [-0.3, -0.25) is 4.79 Å². The molecule has 2 N–H and O–H groups in total. The van der Waals surface area contributed by atoms with Crippen molar-refractivity contribution in [3.63, 3.8) is 0 Å². The number of carbonyl (C=O) groups is 1. The monoisotopic (exact) mass is 254 g/mol. The number of nitrogens with zero attached hydrogens (tertiary/aromatic N) is 1. The van der Waals surface area contributed by atoms with E-state index >= 15 is 0 Å². The number of hydrogen-bond donors (Lipinski definition) is 1. The van der Waals surface area contributed by atoms with Crippen molar-refractivity contribution in [3.05, 3.63) is 34.1 Å². The van der Waals surface area contributed by atoms with Gasteiger partial charge in [-0.15, -0.1) is 0 Å². The summed E-state index contributed by atoms with van der Waals surface area (Å²) in [5.41, 5.74) is 4.78. The molecule has 0 aliphatic heterocycles. The first-order valence-electron chi connectivity index (χ1n) is 4.96. The lowest BCUT2D eigenvalue weighted by Crippen LogP contribution is -2.33. The van der Waals surface area contributed by atoms with Crippen molar-refractivity contribution in [1.29, 1.82) is 5.26 Å². The van der Waals surface area contributed by atoms with Gasteiger partial charge in [0.05, 0.1) is 5.02 Å². The SMILES string of the molecule is CC(C)(Cc1ccc(F)c(C#N)c1Cl)C(N)=O. The lowest BCUT2D eigenvalue weighted by Gasteiger charge is -2.21. The maximum Gasteiger partial charge on any atom is 0.223 e. The number of nitrogens with two attached hydrogens (primary N) is 1. The molecule has 0 fully saturated rings. The van der Waals surface area contributed by atoms with Crippen molar-refractivity contribution in [2.45, 2.75) is 20.3 Å². The zero-order valence-electron chi connectivity index (χ0n) is 9.55. The predicted molar refractivity (Wildman–Crippen MR) is 62.8 cm³/mol. The lowest BCUT2D eigenvalue weighted by molar-refractivity contribution is -0.125. The zero-order valence-corrected chi connectivity index (χ0v) is 10.3. The van der Waals surface area contributed by atoms with Crippen LogP contribution in [0.25, 0.3) is 0 Å². The largest absolute Gasteiger partial charge is 0.369 e. The number of nitriles is 1. The Morgan fingerprint density at radius 2 is 2.18 bits per heavy atom. The quantitative estimate of drug-likeness (QED) is 0.900. The van der Waals surface area contributed by atoms with Crippen molar-refractivity contribution in [2.75, 3.05) is 0 Å². The molecule has 1 rings (SSSR count). The first-order valence-corrected chi connectivity index (χ1v) is 5.34. The molecule has 0 saturated carbocycles. The molecule has 0 spiro atoms. The molecule has 0 heterocycles. The fraction of sp³-hybridized carbons (Fsp3) is 0.333. The summed E-state index contributed by atoms with van der Waals surface area (Å²) >= 11 is 5.91. The maximum atomic E-state index is 13.2. The molecule has 0 radical (unpaired) electrons. The molecular weight excluding hydrogens is 243 g/mol. The van der Waals surface area contributed by atoms with Gasteiger partial charge in [-0.05, 0) is 18.1 Å². The fourth-order valence-electron chi connectivity index (χ4n) is 1.40. The Kier molecular flexibility index (Phi) is 3.74. The van der Waals surface area contributed by atoms with Gasteiger partial charge >= 0.3 is 0 Å². The Morgan fingerprint density at radius 1 is 1.59 bits per heavy atom. The number of amides is 1. The topological polar surface area (TPSA) is 66.9 Å². The van der Waals surface area contributed by atoms with Crippen LogP contribution < -0.4 is 5.73 Å². The van der Waals surface area contributed by atoms with Gasteiger partial charge in [0.1, 0.15) is 17.4 Å². The molecule has 0 saturated heterocycles. The van der Waals surface area contributed by atoms with Crippen molar-refractivity contribution < 1.29 is 9.18 Å². The number of halogens is 2. The van der Waals surface area contributed by atoms with Gasteiger partial charge in [0.25, 0.3) is 0 Å². The summed E-state index contributed by atoms with van der Waals surface area (Å²) in [5.74, 6) is -1.14. The third kappa shape index (κ3) is 2.75. The summed E-state index contributed by atoms with van der Waals surface area (Å²) in [6, 6.07) is 4.32. The van der Waals surface area contributed by atoms with Crippen LogP contribution in [0.2, 0.25) is 5.02 Å². The summed E-state index contributed by atoms with van der Waals surface area (Å²) in [4.78, 5) is 11.2. The molecule has 0 atom stereocenters. The van der Waals surface area contributed by atoms with Gasteiger partial charge in [0.2, 0.25) is 5.91 Å². The minimum Gasteiger partial charge on any atom is -0.369 e. The van der Waals surface area contributed by atoms with Gasteiger partial charge in [-0.25, -0.2) is 4.39 Å². The second-order valence-electron chi connectivity index (χ2n) is 4.43. The van der Waals surface area contributed by atoms with Crippen LogP contribution in [0, 0.1) is 22.6 Å². The van der Waals surface area contributed by atoms with Gasteiger partial charge in [0, 0.05) is 5.41 Å². The molecule has 90 valence electrons. The highest BCUT2D eigenvalue weighted by Crippen LogP contribution is 2.29. The van der Waals surface area contributed by atoms with Crippen LogP contribution in [0.4, 0.5) is 4.39 Å². The molecule has 3 nitrogen and oxygen atoms in total. The summed E-state index contributed by atoms with van der Waals surface area (Å²) < 4.78 is 13.2.